The van der Waals surface area contributed by atoms with E-state index >= 15 is 0 Å². The molecule has 0 spiro atoms. The van der Waals surface area contributed by atoms with Gasteiger partial charge < -0.3 is 0 Å². The highest BCUT2D eigenvalue weighted by Crippen LogP contribution is 2.29. The van der Waals surface area contributed by atoms with E-state index in [-0.39, 0.29) is 0 Å². The molecule has 3 rings (SSSR count). The summed E-state index contributed by atoms with van der Waals surface area (Å²) in [5, 5.41) is 0. The van der Waals surface area contributed by atoms with Gasteiger partial charge in [-0.2, -0.15) is 0 Å². The highest BCUT2D eigenvalue weighted by molar-refractivity contribution is 9.10. The molecule has 0 fully saturated rings. The highest BCUT2D eigenvalue weighted by atomic mass is 79.9. The van der Waals surface area contributed by atoms with Crippen LogP contribution in [0.1, 0.15) is 17.0 Å². The fraction of sp³-hybridized carbons (Fsp3) is 0.200. The molecule has 0 atom stereocenters. The zero-order chi connectivity index (χ0) is 14.3. The van der Waals surface area contributed by atoms with Gasteiger partial charge in [0, 0.05) is 10.7 Å². The Kier molecular flexibility index (Phi) is 3.52. The minimum Gasteiger partial charge on any atom is -0.295 e. The number of rotatable bonds is 2. The van der Waals surface area contributed by atoms with Gasteiger partial charge in [-0.25, -0.2) is 4.98 Å². The van der Waals surface area contributed by atoms with Crippen molar-refractivity contribution in [2.45, 2.75) is 19.7 Å². The van der Waals surface area contributed by atoms with E-state index < -0.39 is 0 Å². The van der Waals surface area contributed by atoms with Gasteiger partial charge >= 0.3 is 0 Å². The number of benzene rings is 1. The van der Waals surface area contributed by atoms with E-state index in [9.17, 15) is 0 Å². The van der Waals surface area contributed by atoms with Crippen LogP contribution >= 0.6 is 27.5 Å². The second-order valence-electron chi connectivity index (χ2n) is 4.75. The SMILES string of the molecule is Cc1cc(Br)cc(C)c1-n1c(CCl)nc2cnccc21. The fourth-order valence-corrected chi connectivity index (χ4v) is 3.44. The van der Waals surface area contributed by atoms with E-state index in [1.54, 1.807) is 12.4 Å². The third kappa shape index (κ3) is 2.13. The largest absolute Gasteiger partial charge is 0.295 e. The number of imidazole rings is 1. The van der Waals surface area contributed by atoms with Crippen molar-refractivity contribution in [3.63, 3.8) is 0 Å². The number of fused-ring (bicyclic) bond motifs is 1. The lowest BCUT2D eigenvalue weighted by molar-refractivity contribution is 0.961. The van der Waals surface area contributed by atoms with Crippen molar-refractivity contribution in [2.75, 3.05) is 0 Å². The molecule has 1 aromatic carbocycles. The van der Waals surface area contributed by atoms with E-state index in [0.717, 1.165) is 27.0 Å². The van der Waals surface area contributed by atoms with Crippen molar-refractivity contribution in [3.8, 4) is 5.69 Å². The summed E-state index contributed by atoms with van der Waals surface area (Å²) in [5.41, 5.74) is 5.39. The van der Waals surface area contributed by atoms with Crippen molar-refractivity contribution in [3.05, 3.63) is 52.0 Å². The number of aromatic nitrogens is 3. The minimum atomic E-state index is 0.365. The summed E-state index contributed by atoms with van der Waals surface area (Å²) in [7, 11) is 0. The van der Waals surface area contributed by atoms with Crippen molar-refractivity contribution < 1.29 is 0 Å². The molecule has 3 aromatic rings. The zero-order valence-corrected chi connectivity index (χ0v) is 13.5. The first kappa shape index (κ1) is 13.6. The van der Waals surface area contributed by atoms with Crippen LogP contribution in [0.2, 0.25) is 0 Å². The Morgan fingerprint density at radius 3 is 2.60 bits per heavy atom. The summed E-state index contributed by atoms with van der Waals surface area (Å²) < 4.78 is 3.20. The lowest BCUT2D eigenvalue weighted by atomic mass is 10.1. The second-order valence-corrected chi connectivity index (χ2v) is 5.93. The van der Waals surface area contributed by atoms with Gasteiger partial charge in [0.25, 0.3) is 0 Å². The molecular formula is C15H13BrClN3. The molecule has 0 unspecified atom stereocenters. The van der Waals surface area contributed by atoms with Crippen LogP contribution in [0, 0.1) is 13.8 Å². The molecule has 0 saturated carbocycles. The number of hydrogen-bond donors (Lipinski definition) is 0. The van der Waals surface area contributed by atoms with E-state index in [1.807, 2.05) is 6.07 Å². The number of pyridine rings is 1. The van der Waals surface area contributed by atoms with Gasteiger partial charge in [0.1, 0.15) is 11.3 Å². The van der Waals surface area contributed by atoms with Crippen LogP contribution in [-0.4, -0.2) is 14.5 Å². The quantitative estimate of drug-likeness (QED) is 0.635. The third-order valence-electron chi connectivity index (χ3n) is 3.33. The summed E-state index contributed by atoms with van der Waals surface area (Å²) >= 11 is 9.61. The highest BCUT2D eigenvalue weighted by Gasteiger charge is 2.15. The first-order valence-electron chi connectivity index (χ1n) is 6.26. The summed E-state index contributed by atoms with van der Waals surface area (Å²) in [6, 6.07) is 6.18. The Morgan fingerprint density at radius 2 is 1.95 bits per heavy atom. The molecule has 0 radical (unpaired) electrons. The molecule has 3 nitrogen and oxygen atoms in total. The third-order valence-corrected chi connectivity index (χ3v) is 4.02. The van der Waals surface area contributed by atoms with Gasteiger partial charge in [0.15, 0.2) is 0 Å². The molecule has 0 saturated heterocycles. The first-order valence-corrected chi connectivity index (χ1v) is 7.59. The van der Waals surface area contributed by atoms with Crippen molar-refractivity contribution in [1.29, 1.82) is 0 Å². The maximum absolute atomic E-state index is 6.08. The van der Waals surface area contributed by atoms with E-state index in [4.69, 9.17) is 11.6 Å². The van der Waals surface area contributed by atoms with E-state index in [2.05, 4.69) is 56.4 Å². The predicted octanol–water partition coefficient (Wildman–Crippen LogP) is 4.54. The maximum Gasteiger partial charge on any atom is 0.129 e. The van der Waals surface area contributed by atoms with E-state index in [0.29, 0.717) is 5.88 Å². The Balaban J connectivity index is 2.40. The number of alkyl halides is 1. The molecule has 2 aromatic heterocycles. The molecule has 0 bridgehead atoms. The van der Waals surface area contributed by atoms with Crippen molar-refractivity contribution in [1.82, 2.24) is 14.5 Å². The maximum atomic E-state index is 6.08. The van der Waals surface area contributed by atoms with Gasteiger partial charge in [-0.05, 0) is 43.2 Å². The molecule has 0 aliphatic carbocycles. The Morgan fingerprint density at radius 1 is 1.25 bits per heavy atom. The molecule has 20 heavy (non-hydrogen) atoms. The van der Waals surface area contributed by atoms with Crippen LogP contribution in [0.4, 0.5) is 0 Å². The van der Waals surface area contributed by atoms with Gasteiger partial charge in [0.05, 0.1) is 23.3 Å². The van der Waals surface area contributed by atoms with Crippen LogP contribution < -0.4 is 0 Å². The lowest BCUT2D eigenvalue weighted by Crippen LogP contribution is -2.04. The Labute approximate surface area is 130 Å². The number of halogens is 2. The van der Waals surface area contributed by atoms with Crippen LogP contribution in [0.3, 0.4) is 0 Å². The second kappa shape index (κ2) is 5.19. The smallest absolute Gasteiger partial charge is 0.129 e. The predicted molar refractivity (Wildman–Crippen MR) is 85.6 cm³/mol. The average molecular weight is 351 g/mol. The molecule has 102 valence electrons. The molecule has 0 amide bonds. The van der Waals surface area contributed by atoms with Gasteiger partial charge in [-0.1, -0.05) is 15.9 Å². The Bertz CT molecular complexity index is 772. The first-order chi connectivity index (χ1) is 9.61. The van der Waals surface area contributed by atoms with Crippen LogP contribution in [0.25, 0.3) is 16.7 Å². The minimum absolute atomic E-state index is 0.365. The molecule has 0 N–H and O–H groups in total. The van der Waals surface area contributed by atoms with Crippen molar-refractivity contribution >= 4 is 38.6 Å². The van der Waals surface area contributed by atoms with E-state index in [1.165, 1.54) is 11.1 Å². The summed E-state index contributed by atoms with van der Waals surface area (Å²) in [6.07, 6.45) is 3.55. The number of aryl methyl sites for hydroxylation is 2. The monoisotopic (exact) mass is 349 g/mol. The zero-order valence-electron chi connectivity index (χ0n) is 11.2. The number of hydrogen-bond acceptors (Lipinski definition) is 2. The fourth-order valence-electron chi connectivity index (χ4n) is 2.58. The average Bonchev–Trinajstić information content (AvgIpc) is 2.76. The summed E-state index contributed by atoms with van der Waals surface area (Å²) in [5.74, 6) is 1.20. The topological polar surface area (TPSA) is 30.7 Å². The van der Waals surface area contributed by atoms with Gasteiger partial charge in [-0.15, -0.1) is 11.6 Å². The van der Waals surface area contributed by atoms with Gasteiger partial charge in [0.2, 0.25) is 0 Å². The van der Waals surface area contributed by atoms with Crippen LogP contribution in [0.5, 0.6) is 0 Å². The normalized spacial score (nSPS) is 11.2. The molecule has 2 heterocycles. The van der Waals surface area contributed by atoms with Gasteiger partial charge in [-0.3, -0.25) is 9.55 Å². The van der Waals surface area contributed by atoms with Crippen LogP contribution in [-0.2, 0) is 5.88 Å². The number of nitrogens with zero attached hydrogens (tertiary/aromatic N) is 3. The summed E-state index contributed by atoms with van der Waals surface area (Å²) in [6.45, 7) is 4.19. The molecular weight excluding hydrogens is 338 g/mol. The molecule has 0 aliphatic rings. The van der Waals surface area contributed by atoms with Crippen LogP contribution in [0.15, 0.2) is 35.1 Å². The molecule has 5 heteroatoms. The standard InChI is InChI=1S/C15H13BrClN3/c1-9-5-11(16)6-10(2)15(9)20-13-3-4-18-8-12(13)19-14(20)7-17/h3-6,8H,7H2,1-2H3. The summed E-state index contributed by atoms with van der Waals surface area (Å²) in [4.78, 5) is 8.70. The lowest BCUT2D eigenvalue weighted by Gasteiger charge is -2.15. The molecule has 0 aliphatic heterocycles. The van der Waals surface area contributed by atoms with Crippen molar-refractivity contribution in [2.24, 2.45) is 0 Å². The Hall–Kier alpha value is -1.39.